The smallest absolute Gasteiger partial charge is 0.150 e. The molecule has 2 heterocycles. The third kappa shape index (κ3) is 1.31. The van der Waals surface area contributed by atoms with Crippen molar-refractivity contribution in [2.45, 2.75) is 38.5 Å². The lowest BCUT2D eigenvalue weighted by molar-refractivity contribution is 0.192. The Morgan fingerprint density at radius 3 is 2.71 bits per heavy atom. The first-order valence-electron chi connectivity index (χ1n) is 4.81. The highest BCUT2D eigenvalue weighted by molar-refractivity contribution is 5.76. The summed E-state index contributed by atoms with van der Waals surface area (Å²) >= 11 is 0. The van der Waals surface area contributed by atoms with E-state index in [2.05, 4.69) is 35.7 Å². The van der Waals surface area contributed by atoms with Crippen LogP contribution in [0.2, 0.25) is 0 Å². The molecule has 0 amide bonds. The summed E-state index contributed by atoms with van der Waals surface area (Å²) in [6.07, 6.45) is 5.51. The zero-order valence-electron chi connectivity index (χ0n) is 8.81. The van der Waals surface area contributed by atoms with Gasteiger partial charge in [-0.3, -0.25) is 9.98 Å². The summed E-state index contributed by atoms with van der Waals surface area (Å²) in [6.45, 7) is 6.43. The van der Waals surface area contributed by atoms with E-state index in [1.54, 1.807) is 6.21 Å². The minimum atomic E-state index is 0.0132. The topological polar surface area (TPSA) is 54.0 Å². The van der Waals surface area contributed by atoms with Gasteiger partial charge in [-0.1, -0.05) is 0 Å². The number of hydrogen-bond acceptors (Lipinski definition) is 4. The molecule has 4 heteroatoms. The molecule has 2 aliphatic rings. The standard InChI is InChI=1S/C10H16N4/c1-10(2,3)14-6-13-8-7(11)4-5-12-9(8)14/h4-6,8-9H,11H2,1-3H3. The summed E-state index contributed by atoms with van der Waals surface area (Å²) in [5.74, 6) is 0. The van der Waals surface area contributed by atoms with Gasteiger partial charge in [-0.2, -0.15) is 0 Å². The summed E-state index contributed by atoms with van der Waals surface area (Å²) in [5.41, 5.74) is 6.69. The van der Waals surface area contributed by atoms with Crippen LogP contribution in [0.15, 0.2) is 21.8 Å². The highest BCUT2D eigenvalue weighted by Crippen LogP contribution is 2.27. The van der Waals surface area contributed by atoms with Crippen molar-refractivity contribution in [1.82, 2.24) is 4.90 Å². The van der Waals surface area contributed by atoms with Crippen molar-refractivity contribution in [2.75, 3.05) is 0 Å². The molecular weight excluding hydrogens is 176 g/mol. The highest BCUT2D eigenvalue weighted by atomic mass is 15.4. The van der Waals surface area contributed by atoms with Crippen LogP contribution in [-0.2, 0) is 0 Å². The first kappa shape index (κ1) is 9.24. The largest absolute Gasteiger partial charge is 0.400 e. The van der Waals surface area contributed by atoms with E-state index in [0.717, 1.165) is 5.70 Å². The number of rotatable bonds is 0. The van der Waals surface area contributed by atoms with Crippen LogP contribution in [0, 0.1) is 0 Å². The van der Waals surface area contributed by atoms with Crippen molar-refractivity contribution in [3.05, 3.63) is 11.8 Å². The Bertz CT molecular complexity index is 322. The number of fused-ring (bicyclic) bond motifs is 1. The van der Waals surface area contributed by atoms with E-state index in [0.29, 0.717) is 0 Å². The van der Waals surface area contributed by atoms with Crippen LogP contribution < -0.4 is 5.73 Å². The van der Waals surface area contributed by atoms with Gasteiger partial charge in [0, 0.05) is 17.5 Å². The second-order valence-corrected chi connectivity index (χ2v) is 4.67. The van der Waals surface area contributed by atoms with Crippen LogP contribution in [0.1, 0.15) is 20.8 Å². The Morgan fingerprint density at radius 1 is 1.36 bits per heavy atom. The average Bonchev–Trinajstić information content (AvgIpc) is 2.47. The number of hydrogen-bond donors (Lipinski definition) is 1. The number of nitrogens with two attached hydrogens (primary N) is 1. The molecule has 2 atom stereocenters. The van der Waals surface area contributed by atoms with Gasteiger partial charge in [0.2, 0.25) is 0 Å². The van der Waals surface area contributed by atoms with Gasteiger partial charge in [-0.05, 0) is 26.8 Å². The summed E-state index contributed by atoms with van der Waals surface area (Å²) in [6, 6.07) is 0.0132. The highest BCUT2D eigenvalue weighted by Gasteiger charge is 2.38. The lowest BCUT2D eigenvalue weighted by Gasteiger charge is -2.36. The molecular formula is C10H16N4. The predicted molar refractivity (Wildman–Crippen MR) is 58.4 cm³/mol. The van der Waals surface area contributed by atoms with Gasteiger partial charge >= 0.3 is 0 Å². The third-order valence-corrected chi connectivity index (χ3v) is 2.54. The molecule has 0 aromatic heterocycles. The van der Waals surface area contributed by atoms with E-state index in [9.17, 15) is 0 Å². The van der Waals surface area contributed by atoms with E-state index in [1.165, 1.54) is 0 Å². The van der Waals surface area contributed by atoms with E-state index in [4.69, 9.17) is 5.73 Å². The van der Waals surface area contributed by atoms with Crippen molar-refractivity contribution < 1.29 is 0 Å². The maximum atomic E-state index is 5.85. The molecule has 0 aromatic carbocycles. The second kappa shape index (κ2) is 2.83. The molecule has 0 radical (unpaired) electrons. The number of allylic oxidation sites excluding steroid dienone is 1. The van der Waals surface area contributed by atoms with Crippen LogP contribution in [0.3, 0.4) is 0 Å². The Hall–Kier alpha value is -1.32. The Labute approximate surface area is 84.2 Å². The second-order valence-electron chi connectivity index (χ2n) is 4.67. The SMILES string of the molecule is CC(C)(C)N1C=NC2C(N)=CC=NC21. The Morgan fingerprint density at radius 2 is 2.07 bits per heavy atom. The van der Waals surface area contributed by atoms with E-state index < -0.39 is 0 Å². The first-order valence-corrected chi connectivity index (χ1v) is 4.81. The zero-order chi connectivity index (χ0) is 10.3. The first-order chi connectivity index (χ1) is 6.50. The molecule has 0 bridgehead atoms. The minimum Gasteiger partial charge on any atom is -0.400 e. The van der Waals surface area contributed by atoms with Crippen LogP contribution in [0.5, 0.6) is 0 Å². The van der Waals surface area contributed by atoms with E-state index in [-0.39, 0.29) is 17.7 Å². The van der Waals surface area contributed by atoms with Gasteiger partial charge in [0.05, 0.1) is 6.34 Å². The zero-order valence-corrected chi connectivity index (χ0v) is 8.81. The van der Waals surface area contributed by atoms with Crippen molar-refractivity contribution in [1.29, 1.82) is 0 Å². The maximum Gasteiger partial charge on any atom is 0.150 e. The van der Waals surface area contributed by atoms with Crippen molar-refractivity contribution in [3.8, 4) is 0 Å². The van der Waals surface area contributed by atoms with E-state index in [1.807, 2.05) is 12.4 Å². The molecule has 2 rings (SSSR count). The lowest BCUT2D eigenvalue weighted by atomic mass is 10.0. The fourth-order valence-corrected chi connectivity index (χ4v) is 1.74. The molecule has 2 N–H and O–H groups in total. The van der Waals surface area contributed by atoms with Crippen LogP contribution >= 0.6 is 0 Å². The molecule has 14 heavy (non-hydrogen) atoms. The number of aliphatic imine (C=N–C) groups is 2. The maximum absolute atomic E-state index is 5.85. The molecule has 76 valence electrons. The Kier molecular flexibility index (Phi) is 1.87. The molecule has 2 aliphatic heterocycles. The summed E-state index contributed by atoms with van der Waals surface area (Å²) in [5, 5.41) is 0. The van der Waals surface area contributed by atoms with Crippen molar-refractivity contribution in [2.24, 2.45) is 15.7 Å². The molecule has 0 saturated carbocycles. The van der Waals surface area contributed by atoms with Crippen LogP contribution in [0.4, 0.5) is 0 Å². The fraction of sp³-hybridized carbons (Fsp3) is 0.600. The molecule has 2 unspecified atom stereocenters. The van der Waals surface area contributed by atoms with Gasteiger partial charge in [-0.25, -0.2) is 0 Å². The quantitative estimate of drug-likeness (QED) is 0.615. The monoisotopic (exact) mass is 192 g/mol. The third-order valence-electron chi connectivity index (χ3n) is 2.54. The lowest BCUT2D eigenvalue weighted by Crippen LogP contribution is -2.48. The molecule has 0 aromatic rings. The number of dihydropyridines is 1. The summed E-state index contributed by atoms with van der Waals surface area (Å²) < 4.78 is 0. The van der Waals surface area contributed by atoms with Crippen molar-refractivity contribution in [3.63, 3.8) is 0 Å². The van der Waals surface area contributed by atoms with Gasteiger partial charge < -0.3 is 10.6 Å². The molecule has 0 saturated heterocycles. The van der Waals surface area contributed by atoms with Crippen LogP contribution in [0.25, 0.3) is 0 Å². The minimum absolute atomic E-state index is 0.0132. The summed E-state index contributed by atoms with van der Waals surface area (Å²) in [7, 11) is 0. The Balaban J connectivity index is 2.27. The van der Waals surface area contributed by atoms with Gasteiger partial charge in [0.15, 0.2) is 0 Å². The molecule has 0 fully saturated rings. The summed E-state index contributed by atoms with van der Waals surface area (Å²) in [4.78, 5) is 10.9. The van der Waals surface area contributed by atoms with E-state index >= 15 is 0 Å². The van der Waals surface area contributed by atoms with Gasteiger partial charge in [0.1, 0.15) is 12.2 Å². The predicted octanol–water partition coefficient (Wildman–Crippen LogP) is 0.751. The fourth-order valence-electron chi connectivity index (χ4n) is 1.74. The van der Waals surface area contributed by atoms with Crippen molar-refractivity contribution >= 4 is 12.6 Å². The normalized spacial score (nSPS) is 30.5. The molecule has 4 nitrogen and oxygen atoms in total. The number of nitrogens with zero attached hydrogens (tertiary/aromatic N) is 3. The van der Waals surface area contributed by atoms with Gasteiger partial charge in [0.25, 0.3) is 0 Å². The van der Waals surface area contributed by atoms with Gasteiger partial charge in [-0.15, -0.1) is 0 Å². The molecule has 0 aliphatic carbocycles. The van der Waals surface area contributed by atoms with Crippen LogP contribution in [-0.4, -0.2) is 35.2 Å². The average molecular weight is 192 g/mol. The molecule has 0 spiro atoms.